The highest BCUT2D eigenvalue weighted by Gasteiger charge is 2.33. The minimum absolute atomic E-state index is 0.252. The quantitative estimate of drug-likeness (QED) is 0.811. The van der Waals surface area contributed by atoms with Crippen molar-refractivity contribution < 1.29 is 5.11 Å². The van der Waals surface area contributed by atoms with Gasteiger partial charge in [0.15, 0.2) is 5.82 Å². The Labute approximate surface area is 120 Å². The molecule has 2 heterocycles. The Bertz CT molecular complexity index is 477. The Kier molecular flexibility index (Phi) is 4.57. The average Bonchev–Trinajstić information content (AvgIpc) is 2.72. The molecule has 1 saturated heterocycles. The van der Waals surface area contributed by atoms with Crippen LogP contribution in [0.25, 0.3) is 0 Å². The summed E-state index contributed by atoms with van der Waals surface area (Å²) in [5.41, 5.74) is 8.95. The summed E-state index contributed by atoms with van der Waals surface area (Å²) in [4.78, 5) is 4.29. The fraction of sp³-hybridized carbons (Fsp3) is 0.714. The van der Waals surface area contributed by atoms with E-state index in [1.54, 1.807) is 0 Å². The number of nitrogens with two attached hydrogens (primary N) is 1. The van der Waals surface area contributed by atoms with Crippen molar-refractivity contribution in [1.29, 1.82) is 0 Å². The van der Waals surface area contributed by atoms with Gasteiger partial charge >= 0.3 is 0 Å². The Morgan fingerprint density at radius 1 is 1.35 bits per heavy atom. The molecule has 1 fully saturated rings. The van der Waals surface area contributed by atoms with Crippen molar-refractivity contribution in [3.8, 4) is 0 Å². The van der Waals surface area contributed by atoms with Gasteiger partial charge in [-0.2, -0.15) is 5.10 Å². The average molecular weight is 279 g/mol. The van der Waals surface area contributed by atoms with Gasteiger partial charge < -0.3 is 20.6 Å². The zero-order chi connectivity index (χ0) is 14.9. The molecule has 0 spiro atoms. The lowest BCUT2D eigenvalue weighted by Gasteiger charge is -2.29. The van der Waals surface area contributed by atoms with Crippen LogP contribution in [0.3, 0.4) is 0 Å². The molecular formula is C14H25N5O. The molecule has 6 heteroatoms. The maximum absolute atomic E-state index is 9.99. The highest BCUT2D eigenvalue weighted by molar-refractivity contribution is 5.52. The molecule has 1 aromatic heterocycles. The van der Waals surface area contributed by atoms with Gasteiger partial charge in [-0.25, -0.2) is 0 Å². The first-order valence-corrected chi connectivity index (χ1v) is 7.06. The monoisotopic (exact) mass is 279 g/mol. The number of hydrogen-bond acceptors (Lipinski definition) is 6. The van der Waals surface area contributed by atoms with Gasteiger partial charge in [0.05, 0.1) is 11.8 Å². The molecule has 6 nitrogen and oxygen atoms in total. The molecule has 0 bridgehead atoms. The zero-order valence-corrected chi connectivity index (χ0v) is 12.8. The number of aliphatic hydroxyl groups excluding tert-OH is 1. The summed E-state index contributed by atoms with van der Waals surface area (Å²) in [5, 5.41) is 18.6. The second-order valence-corrected chi connectivity index (χ2v) is 5.87. The summed E-state index contributed by atoms with van der Waals surface area (Å²) < 4.78 is 0. The minimum Gasteiger partial charge on any atom is -0.391 e. The molecule has 112 valence electrons. The predicted octanol–water partition coefficient (Wildman–Crippen LogP) is 0.0533. The lowest BCUT2D eigenvalue weighted by atomic mass is 10.1. The smallest absolute Gasteiger partial charge is 0.156 e. The van der Waals surface area contributed by atoms with E-state index in [0.717, 1.165) is 35.6 Å². The molecule has 2 unspecified atom stereocenters. The molecule has 2 atom stereocenters. The number of rotatable bonds is 4. The summed E-state index contributed by atoms with van der Waals surface area (Å²) in [6.45, 7) is 5.90. The van der Waals surface area contributed by atoms with E-state index >= 15 is 0 Å². The van der Waals surface area contributed by atoms with Crippen LogP contribution in [0.4, 0.5) is 5.82 Å². The summed E-state index contributed by atoms with van der Waals surface area (Å²) in [6.07, 6.45) is 0.450. The maximum Gasteiger partial charge on any atom is 0.156 e. The van der Waals surface area contributed by atoms with Crippen molar-refractivity contribution in [2.45, 2.75) is 39.0 Å². The Hall–Kier alpha value is -1.24. The molecule has 20 heavy (non-hydrogen) atoms. The summed E-state index contributed by atoms with van der Waals surface area (Å²) in [7, 11) is 4.08. The van der Waals surface area contributed by atoms with E-state index in [9.17, 15) is 5.11 Å². The number of likely N-dealkylation sites (N-methyl/N-ethyl adjacent to an activating group) is 1. The van der Waals surface area contributed by atoms with Gasteiger partial charge in [-0.15, -0.1) is 5.10 Å². The second-order valence-electron chi connectivity index (χ2n) is 5.87. The molecular weight excluding hydrogens is 254 g/mol. The molecule has 1 aromatic rings. The summed E-state index contributed by atoms with van der Waals surface area (Å²) in [5.74, 6) is 0.832. The van der Waals surface area contributed by atoms with Crippen molar-refractivity contribution in [3.63, 3.8) is 0 Å². The van der Waals surface area contributed by atoms with Crippen molar-refractivity contribution in [1.82, 2.24) is 15.1 Å². The van der Waals surface area contributed by atoms with Gasteiger partial charge in [0.25, 0.3) is 0 Å². The zero-order valence-electron chi connectivity index (χ0n) is 12.8. The topological polar surface area (TPSA) is 78.5 Å². The molecule has 0 radical (unpaired) electrons. The molecule has 1 aliphatic heterocycles. The van der Waals surface area contributed by atoms with E-state index < -0.39 is 0 Å². The van der Waals surface area contributed by atoms with Crippen molar-refractivity contribution >= 4 is 5.82 Å². The van der Waals surface area contributed by atoms with E-state index in [4.69, 9.17) is 5.73 Å². The van der Waals surface area contributed by atoms with Crippen LogP contribution in [-0.2, 0) is 6.54 Å². The van der Waals surface area contributed by atoms with Gasteiger partial charge in [-0.05, 0) is 39.9 Å². The van der Waals surface area contributed by atoms with Gasteiger partial charge in [0.1, 0.15) is 0 Å². The highest BCUT2D eigenvalue weighted by Crippen LogP contribution is 2.29. The van der Waals surface area contributed by atoms with Crippen LogP contribution >= 0.6 is 0 Å². The van der Waals surface area contributed by atoms with E-state index in [1.165, 1.54) is 0 Å². The van der Waals surface area contributed by atoms with Crippen LogP contribution in [0.15, 0.2) is 0 Å². The number of hydrogen-bond donors (Lipinski definition) is 2. The van der Waals surface area contributed by atoms with Gasteiger partial charge in [0.2, 0.25) is 0 Å². The molecule has 0 amide bonds. The molecule has 0 saturated carbocycles. The fourth-order valence-corrected chi connectivity index (χ4v) is 2.86. The van der Waals surface area contributed by atoms with E-state index in [2.05, 4.69) is 20.0 Å². The summed E-state index contributed by atoms with van der Waals surface area (Å²) >= 11 is 0. The van der Waals surface area contributed by atoms with E-state index in [1.807, 2.05) is 27.9 Å². The highest BCUT2D eigenvalue weighted by atomic mass is 16.3. The lowest BCUT2D eigenvalue weighted by Crippen LogP contribution is -2.39. The SMILES string of the molecule is Cc1nnc(N2CC(O)CC2CN(C)C)c(CN)c1C. The molecule has 1 aliphatic rings. The number of β-amino-alcohol motifs (C(OH)–C–C–N with tert-alkyl or cyclic N) is 1. The maximum atomic E-state index is 9.99. The van der Waals surface area contributed by atoms with Crippen LogP contribution in [0, 0.1) is 13.8 Å². The number of nitrogens with zero attached hydrogens (tertiary/aromatic N) is 4. The van der Waals surface area contributed by atoms with Crippen LogP contribution < -0.4 is 10.6 Å². The van der Waals surface area contributed by atoms with Crippen LogP contribution in [0.5, 0.6) is 0 Å². The third-order valence-electron chi connectivity index (χ3n) is 4.00. The number of anilines is 1. The third kappa shape index (κ3) is 2.92. The third-order valence-corrected chi connectivity index (χ3v) is 4.00. The van der Waals surface area contributed by atoms with Gasteiger partial charge in [0, 0.05) is 31.2 Å². The molecule has 0 aromatic carbocycles. The lowest BCUT2D eigenvalue weighted by molar-refractivity contribution is 0.191. The largest absolute Gasteiger partial charge is 0.391 e. The number of aryl methyl sites for hydroxylation is 1. The number of aromatic nitrogens is 2. The van der Waals surface area contributed by atoms with E-state index in [0.29, 0.717) is 13.1 Å². The predicted molar refractivity (Wildman–Crippen MR) is 79.7 cm³/mol. The van der Waals surface area contributed by atoms with Crippen LogP contribution in [0.1, 0.15) is 23.2 Å². The Morgan fingerprint density at radius 2 is 2.05 bits per heavy atom. The standard InChI is InChI=1S/C14H25N5O/c1-9-10(2)16-17-14(13(9)6-15)19-8-12(20)5-11(19)7-18(3)4/h11-12,20H,5-8,15H2,1-4H3. The first-order valence-electron chi connectivity index (χ1n) is 7.06. The number of aliphatic hydroxyl groups is 1. The van der Waals surface area contributed by atoms with Crippen molar-refractivity contribution in [3.05, 3.63) is 16.8 Å². The molecule has 2 rings (SSSR count). The Balaban J connectivity index is 2.36. The molecule has 0 aliphatic carbocycles. The van der Waals surface area contributed by atoms with Crippen molar-refractivity contribution in [2.24, 2.45) is 5.73 Å². The van der Waals surface area contributed by atoms with E-state index in [-0.39, 0.29) is 12.1 Å². The molecule has 3 N–H and O–H groups in total. The fourth-order valence-electron chi connectivity index (χ4n) is 2.86. The van der Waals surface area contributed by atoms with Crippen LogP contribution in [0.2, 0.25) is 0 Å². The van der Waals surface area contributed by atoms with Crippen molar-refractivity contribution in [2.75, 3.05) is 32.1 Å². The Morgan fingerprint density at radius 3 is 2.65 bits per heavy atom. The van der Waals surface area contributed by atoms with Gasteiger partial charge in [-0.3, -0.25) is 0 Å². The summed E-state index contributed by atoms with van der Waals surface area (Å²) in [6, 6.07) is 0.252. The first-order chi connectivity index (χ1) is 9.43. The second kappa shape index (κ2) is 6.03. The minimum atomic E-state index is -0.311. The van der Waals surface area contributed by atoms with Crippen LogP contribution in [-0.4, -0.2) is 59.5 Å². The first kappa shape index (κ1) is 15.2. The normalized spacial score (nSPS) is 22.9. The van der Waals surface area contributed by atoms with Gasteiger partial charge in [-0.1, -0.05) is 0 Å².